The molecule has 0 atom stereocenters. The lowest BCUT2D eigenvalue weighted by molar-refractivity contribution is -0.114. The minimum atomic E-state index is -0.244. The maximum atomic E-state index is 12.4. The molecule has 0 unspecified atom stereocenters. The first-order valence-electron chi connectivity index (χ1n) is 8.41. The van der Waals surface area contributed by atoms with Crippen molar-refractivity contribution in [3.63, 3.8) is 0 Å². The first kappa shape index (κ1) is 18.5. The van der Waals surface area contributed by atoms with E-state index >= 15 is 0 Å². The molecule has 136 valence electrons. The zero-order valence-corrected chi connectivity index (χ0v) is 15.6. The van der Waals surface area contributed by atoms with Crippen LogP contribution in [0.4, 0.5) is 11.4 Å². The van der Waals surface area contributed by atoms with Crippen LogP contribution in [-0.2, 0) is 4.79 Å². The molecule has 3 rings (SSSR count). The summed E-state index contributed by atoms with van der Waals surface area (Å²) in [6, 6.07) is 12.0. The van der Waals surface area contributed by atoms with Crippen LogP contribution in [0.2, 0.25) is 10.0 Å². The summed E-state index contributed by atoms with van der Waals surface area (Å²) in [7, 11) is 0. The fraction of sp³-hybridized carbons (Fsp3) is 0.263. The number of halogens is 2. The van der Waals surface area contributed by atoms with Crippen molar-refractivity contribution >= 4 is 46.4 Å². The second-order valence-corrected chi connectivity index (χ2v) is 6.95. The van der Waals surface area contributed by atoms with Gasteiger partial charge in [-0.3, -0.25) is 9.59 Å². The van der Waals surface area contributed by atoms with Crippen LogP contribution in [0, 0.1) is 0 Å². The number of rotatable bonds is 5. The smallest absolute Gasteiger partial charge is 0.253 e. The molecule has 2 amide bonds. The van der Waals surface area contributed by atoms with Gasteiger partial charge in [-0.1, -0.05) is 29.3 Å². The van der Waals surface area contributed by atoms with Crippen LogP contribution in [0.3, 0.4) is 0 Å². The van der Waals surface area contributed by atoms with E-state index in [-0.39, 0.29) is 18.4 Å². The fourth-order valence-electron chi connectivity index (χ4n) is 2.85. The lowest BCUT2D eigenvalue weighted by Gasteiger charge is -2.16. The van der Waals surface area contributed by atoms with Gasteiger partial charge in [-0.05, 0) is 49.2 Å². The molecule has 0 spiro atoms. The average Bonchev–Trinajstić information content (AvgIpc) is 3.17. The average molecular weight is 392 g/mol. The van der Waals surface area contributed by atoms with Gasteiger partial charge in [0.1, 0.15) is 0 Å². The van der Waals surface area contributed by atoms with Crippen LogP contribution in [0.5, 0.6) is 0 Å². The van der Waals surface area contributed by atoms with Gasteiger partial charge in [0.25, 0.3) is 5.91 Å². The van der Waals surface area contributed by atoms with Crippen molar-refractivity contribution in [2.24, 2.45) is 0 Å². The fourth-order valence-corrected chi connectivity index (χ4v) is 3.20. The third-order valence-electron chi connectivity index (χ3n) is 4.15. The normalized spacial score (nSPS) is 13.5. The molecule has 1 aliphatic heterocycles. The van der Waals surface area contributed by atoms with Crippen LogP contribution in [-0.4, -0.2) is 36.3 Å². The van der Waals surface area contributed by atoms with E-state index in [9.17, 15) is 9.59 Å². The molecular weight excluding hydrogens is 373 g/mol. The SMILES string of the molecule is O=C(CNc1cc(Cl)ccc1Cl)Nc1cccc(C(=O)N2CCCC2)c1. The minimum absolute atomic E-state index is 0.00225. The highest BCUT2D eigenvalue weighted by Crippen LogP contribution is 2.25. The monoisotopic (exact) mass is 391 g/mol. The Morgan fingerprint density at radius 3 is 2.58 bits per heavy atom. The van der Waals surface area contributed by atoms with E-state index < -0.39 is 0 Å². The summed E-state index contributed by atoms with van der Waals surface area (Å²) < 4.78 is 0. The van der Waals surface area contributed by atoms with E-state index in [1.807, 2.05) is 4.90 Å². The summed E-state index contributed by atoms with van der Waals surface area (Å²) in [6.07, 6.45) is 2.08. The van der Waals surface area contributed by atoms with Crippen LogP contribution < -0.4 is 10.6 Å². The van der Waals surface area contributed by atoms with Crippen molar-refractivity contribution in [2.75, 3.05) is 30.3 Å². The van der Waals surface area contributed by atoms with E-state index in [1.165, 1.54) is 0 Å². The number of hydrogen-bond acceptors (Lipinski definition) is 3. The van der Waals surface area contributed by atoms with Gasteiger partial charge in [0, 0.05) is 29.4 Å². The Morgan fingerprint density at radius 1 is 1.04 bits per heavy atom. The van der Waals surface area contributed by atoms with E-state index in [1.54, 1.807) is 42.5 Å². The summed E-state index contributed by atoms with van der Waals surface area (Å²) in [5, 5.41) is 6.76. The highest BCUT2D eigenvalue weighted by molar-refractivity contribution is 6.35. The summed E-state index contributed by atoms with van der Waals surface area (Å²) in [4.78, 5) is 26.5. The van der Waals surface area contributed by atoms with Crippen molar-refractivity contribution in [1.82, 2.24) is 4.90 Å². The van der Waals surface area contributed by atoms with E-state index in [0.717, 1.165) is 25.9 Å². The highest BCUT2D eigenvalue weighted by Gasteiger charge is 2.19. The summed E-state index contributed by atoms with van der Waals surface area (Å²) in [5.74, 6) is -0.241. The van der Waals surface area contributed by atoms with Crippen molar-refractivity contribution in [2.45, 2.75) is 12.8 Å². The number of benzene rings is 2. The molecule has 2 aromatic rings. The van der Waals surface area contributed by atoms with Gasteiger partial charge in [0.2, 0.25) is 5.91 Å². The molecule has 5 nitrogen and oxygen atoms in total. The van der Waals surface area contributed by atoms with Gasteiger partial charge in [-0.15, -0.1) is 0 Å². The minimum Gasteiger partial charge on any atom is -0.375 e. The van der Waals surface area contributed by atoms with Gasteiger partial charge in [-0.25, -0.2) is 0 Å². The molecule has 1 saturated heterocycles. The molecule has 2 N–H and O–H groups in total. The Kier molecular flexibility index (Phi) is 6.01. The van der Waals surface area contributed by atoms with Crippen LogP contribution in [0.15, 0.2) is 42.5 Å². The van der Waals surface area contributed by atoms with Gasteiger partial charge >= 0.3 is 0 Å². The molecule has 0 aromatic heterocycles. The summed E-state index contributed by atoms with van der Waals surface area (Å²) in [5.41, 5.74) is 1.75. The van der Waals surface area contributed by atoms with E-state index in [2.05, 4.69) is 10.6 Å². The summed E-state index contributed by atoms with van der Waals surface area (Å²) in [6.45, 7) is 1.61. The number of carbonyl (C=O) groups is 2. The molecule has 0 aliphatic carbocycles. The third-order valence-corrected chi connectivity index (χ3v) is 4.72. The molecular formula is C19H19Cl2N3O2. The molecule has 7 heteroatoms. The first-order valence-corrected chi connectivity index (χ1v) is 9.16. The van der Waals surface area contributed by atoms with E-state index in [4.69, 9.17) is 23.2 Å². The highest BCUT2D eigenvalue weighted by atomic mass is 35.5. The molecule has 2 aromatic carbocycles. The van der Waals surface area contributed by atoms with Gasteiger partial charge in [0.05, 0.1) is 17.3 Å². The maximum absolute atomic E-state index is 12.4. The second kappa shape index (κ2) is 8.43. The Bertz CT molecular complexity index is 820. The van der Waals surface area contributed by atoms with Crippen molar-refractivity contribution in [1.29, 1.82) is 0 Å². The van der Waals surface area contributed by atoms with E-state index in [0.29, 0.717) is 27.0 Å². The summed E-state index contributed by atoms with van der Waals surface area (Å²) >= 11 is 12.0. The lowest BCUT2D eigenvalue weighted by Crippen LogP contribution is -2.27. The van der Waals surface area contributed by atoms with Crippen molar-refractivity contribution in [3.8, 4) is 0 Å². The van der Waals surface area contributed by atoms with Gasteiger partial charge in [0.15, 0.2) is 0 Å². The molecule has 1 aliphatic rings. The number of nitrogens with zero attached hydrogens (tertiary/aromatic N) is 1. The molecule has 26 heavy (non-hydrogen) atoms. The number of nitrogens with one attached hydrogen (secondary N) is 2. The Balaban J connectivity index is 1.59. The first-order chi connectivity index (χ1) is 12.5. The Hall–Kier alpha value is -2.24. The lowest BCUT2D eigenvalue weighted by atomic mass is 10.1. The molecule has 1 fully saturated rings. The van der Waals surface area contributed by atoms with Crippen LogP contribution >= 0.6 is 23.2 Å². The standard InChI is InChI=1S/C19H19Cl2N3O2/c20-14-6-7-16(21)17(11-14)22-12-18(25)23-15-5-3-4-13(10-15)19(26)24-8-1-2-9-24/h3-7,10-11,22H,1-2,8-9,12H2,(H,23,25). The largest absolute Gasteiger partial charge is 0.375 e. The zero-order chi connectivity index (χ0) is 18.5. The number of amides is 2. The molecule has 0 bridgehead atoms. The van der Waals surface area contributed by atoms with Crippen molar-refractivity contribution in [3.05, 3.63) is 58.1 Å². The van der Waals surface area contributed by atoms with Crippen LogP contribution in [0.1, 0.15) is 23.2 Å². The maximum Gasteiger partial charge on any atom is 0.253 e. The van der Waals surface area contributed by atoms with Crippen LogP contribution in [0.25, 0.3) is 0 Å². The predicted octanol–water partition coefficient (Wildman–Crippen LogP) is 4.28. The zero-order valence-electron chi connectivity index (χ0n) is 14.1. The third kappa shape index (κ3) is 4.68. The Morgan fingerprint density at radius 2 is 1.81 bits per heavy atom. The van der Waals surface area contributed by atoms with Crippen molar-refractivity contribution < 1.29 is 9.59 Å². The number of anilines is 2. The Labute approximate surface area is 162 Å². The molecule has 1 heterocycles. The topological polar surface area (TPSA) is 61.4 Å². The number of hydrogen-bond donors (Lipinski definition) is 2. The number of likely N-dealkylation sites (tertiary alicyclic amines) is 1. The molecule has 0 saturated carbocycles. The second-order valence-electron chi connectivity index (χ2n) is 6.11. The molecule has 0 radical (unpaired) electrons. The number of carbonyl (C=O) groups excluding carboxylic acids is 2. The van der Waals surface area contributed by atoms with Gasteiger partial charge in [-0.2, -0.15) is 0 Å². The quantitative estimate of drug-likeness (QED) is 0.799. The van der Waals surface area contributed by atoms with Gasteiger partial charge < -0.3 is 15.5 Å². The predicted molar refractivity (Wildman–Crippen MR) is 105 cm³/mol.